The zero-order valence-electron chi connectivity index (χ0n) is 11.5. The SMILES string of the molecule is C=C(CCc1cc(C)ccc1O)C[Si](C)(C)C. The van der Waals surface area contributed by atoms with E-state index in [1.807, 2.05) is 6.07 Å². The molecule has 0 aliphatic rings. The van der Waals surface area contributed by atoms with Crippen LogP contribution < -0.4 is 0 Å². The molecule has 1 N–H and O–H groups in total. The molecule has 0 amide bonds. The van der Waals surface area contributed by atoms with Crippen molar-refractivity contribution in [1.82, 2.24) is 0 Å². The summed E-state index contributed by atoms with van der Waals surface area (Å²) < 4.78 is 0. The Hall–Kier alpha value is -1.02. The Bertz CT molecular complexity index is 402. The number of aromatic hydroxyl groups is 1. The Labute approximate surface area is 106 Å². The highest BCUT2D eigenvalue weighted by Gasteiger charge is 2.14. The second kappa shape index (κ2) is 5.54. The molecule has 0 heterocycles. The summed E-state index contributed by atoms with van der Waals surface area (Å²) in [6.45, 7) is 13.3. The first kappa shape index (κ1) is 14.0. The number of phenols is 1. The van der Waals surface area contributed by atoms with Gasteiger partial charge in [-0.2, -0.15) is 0 Å². The first-order valence-corrected chi connectivity index (χ1v) is 9.94. The topological polar surface area (TPSA) is 20.2 Å². The van der Waals surface area contributed by atoms with Gasteiger partial charge >= 0.3 is 0 Å². The maximum absolute atomic E-state index is 9.76. The van der Waals surface area contributed by atoms with Crippen molar-refractivity contribution in [3.8, 4) is 5.75 Å². The highest BCUT2D eigenvalue weighted by molar-refractivity contribution is 6.76. The Kier molecular flexibility index (Phi) is 4.58. The molecule has 2 heteroatoms. The van der Waals surface area contributed by atoms with Crippen LogP contribution in [-0.4, -0.2) is 13.2 Å². The average Bonchev–Trinajstić information content (AvgIpc) is 2.17. The molecule has 0 aromatic heterocycles. The molecule has 17 heavy (non-hydrogen) atoms. The van der Waals surface area contributed by atoms with Crippen LogP contribution in [0, 0.1) is 6.92 Å². The van der Waals surface area contributed by atoms with E-state index in [9.17, 15) is 5.11 Å². The van der Waals surface area contributed by atoms with Gasteiger partial charge in [0.15, 0.2) is 0 Å². The van der Waals surface area contributed by atoms with Crippen LogP contribution in [0.15, 0.2) is 30.4 Å². The molecule has 1 aromatic rings. The number of hydrogen-bond acceptors (Lipinski definition) is 1. The maximum Gasteiger partial charge on any atom is 0.118 e. The van der Waals surface area contributed by atoms with Gasteiger partial charge < -0.3 is 5.11 Å². The van der Waals surface area contributed by atoms with E-state index in [-0.39, 0.29) is 0 Å². The Balaban J connectivity index is 2.56. The summed E-state index contributed by atoms with van der Waals surface area (Å²) in [5.41, 5.74) is 3.57. The van der Waals surface area contributed by atoms with E-state index in [2.05, 4.69) is 39.2 Å². The van der Waals surface area contributed by atoms with Crippen LogP contribution in [-0.2, 0) is 6.42 Å². The van der Waals surface area contributed by atoms with Crippen molar-refractivity contribution in [3.63, 3.8) is 0 Å². The molecule has 0 aliphatic carbocycles. The monoisotopic (exact) mass is 248 g/mol. The van der Waals surface area contributed by atoms with Crippen molar-refractivity contribution in [2.24, 2.45) is 0 Å². The van der Waals surface area contributed by atoms with Crippen molar-refractivity contribution in [3.05, 3.63) is 41.5 Å². The molecule has 0 saturated heterocycles. The van der Waals surface area contributed by atoms with E-state index in [1.54, 1.807) is 6.07 Å². The fourth-order valence-electron chi connectivity index (χ4n) is 2.06. The van der Waals surface area contributed by atoms with Crippen molar-refractivity contribution in [1.29, 1.82) is 0 Å². The summed E-state index contributed by atoms with van der Waals surface area (Å²) in [6.07, 6.45) is 1.89. The van der Waals surface area contributed by atoms with E-state index < -0.39 is 8.07 Å². The molecular weight excluding hydrogens is 224 g/mol. The third-order valence-corrected chi connectivity index (χ3v) is 4.32. The van der Waals surface area contributed by atoms with Gasteiger partial charge in [0.2, 0.25) is 0 Å². The second-order valence-corrected chi connectivity index (χ2v) is 11.6. The van der Waals surface area contributed by atoms with Crippen molar-refractivity contribution < 1.29 is 5.11 Å². The number of rotatable bonds is 5. The maximum atomic E-state index is 9.76. The lowest BCUT2D eigenvalue weighted by Crippen LogP contribution is -2.19. The number of phenolic OH excluding ortho intramolecular Hbond substituents is 1. The quantitative estimate of drug-likeness (QED) is 0.599. The Morgan fingerprint density at radius 2 is 1.94 bits per heavy atom. The van der Waals surface area contributed by atoms with Gasteiger partial charge in [0.1, 0.15) is 5.75 Å². The fourth-order valence-corrected chi connectivity index (χ4v) is 3.74. The predicted molar refractivity (Wildman–Crippen MR) is 78.5 cm³/mol. The summed E-state index contributed by atoms with van der Waals surface area (Å²) in [5, 5.41) is 9.76. The smallest absolute Gasteiger partial charge is 0.118 e. The van der Waals surface area contributed by atoms with Crippen LogP contribution in [0.5, 0.6) is 5.75 Å². The van der Waals surface area contributed by atoms with Crippen LogP contribution in [0.4, 0.5) is 0 Å². The van der Waals surface area contributed by atoms with E-state index in [0.29, 0.717) is 5.75 Å². The minimum atomic E-state index is -1.05. The first-order chi connectivity index (χ1) is 7.78. The normalized spacial score (nSPS) is 11.5. The molecule has 0 bridgehead atoms. The Morgan fingerprint density at radius 3 is 2.53 bits per heavy atom. The van der Waals surface area contributed by atoms with Crippen LogP contribution in [0.3, 0.4) is 0 Å². The second-order valence-electron chi connectivity index (χ2n) is 6.12. The predicted octanol–water partition coefficient (Wildman–Crippen LogP) is 4.53. The summed E-state index contributed by atoms with van der Waals surface area (Å²) >= 11 is 0. The largest absolute Gasteiger partial charge is 0.508 e. The molecule has 1 aromatic carbocycles. The van der Waals surface area contributed by atoms with E-state index >= 15 is 0 Å². The standard InChI is InChI=1S/C15H24OSi/c1-12-7-9-15(16)14(10-12)8-6-13(2)11-17(3,4)5/h7,9-10,16H,2,6,8,11H2,1,3-5H3. The summed E-state index contributed by atoms with van der Waals surface area (Å²) in [7, 11) is -1.05. The highest BCUT2D eigenvalue weighted by atomic mass is 28.3. The lowest BCUT2D eigenvalue weighted by atomic mass is 10.0. The Morgan fingerprint density at radius 1 is 1.29 bits per heavy atom. The number of benzene rings is 1. The summed E-state index contributed by atoms with van der Waals surface area (Å²) in [5.74, 6) is 0.413. The first-order valence-electron chi connectivity index (χ1n) is 6.23. The zero-order valence-corrected chi connectivity index (χ0v) is 12.5. The molecule has 0 spiro atoms. The van der Waals surface area contributed by atoms with Gasteiger partial charge in [-0.05, 0) is 37.4 Å². The van der Waals surface area contributed by atoms with Crippen LogP contribution in [0.25, 0.3) is 0 Å². The van der Waals surface area contributed by atoms with E-state index in [0.717, 1.165) is 18.4 Å². The van der Waals surface area contributed by atoms with Crippen LogP contribution in [0.2, 0.25) is 25.7 Å². The highest BCUT2D eigenvalue weighted by Crippen LogP contribution is 2.23. The molecule has 0 fully saturated rings. The van der Waals surface area contributed by atoms with Crippen molar-refractivity contribution in [2.75, 3.05) is 0 Å². The molecule has 0 radical (unpaired) electrons. The third kappa shape index (κ3) is 5.22. The molecule has 0 unspecified atom stereocenters. The van der Waals surface area contributed by atoms with Gasteiger partial charge in [0.05, 0.1) is 0 Å². The van der Waals surface area contributed by atoms with Gasteiger partial charge in [-0.1, -0.05) is 42.9 Å². The summed E-state index contributed by atoms with van der Waals surface area (Å²) in [4.78, 5) is 0. The minimum Gasteiger partial charge on any atom is -0.508 e. The zero-order chi connectivity index (χ0) is 13.1. The van der Waals surface area contributed by atoms with Gasteiger partial charge in [0, 0.05) is 8.07 Å². The molecule has 0 saturated carbocycles. The average molecular weight is 248 g/mol. The summed E-state index contributed by atoms with van der Waals surface area (Å²) in [6, 6.07) is 6.97. The molecular formula is C15H24OSi. The van der Waals surface area contributed by atoms with Gasteiger partial charge in [-0.25, -0.2) is 0 Å². The van der Waals surface area contributed by atoms with Crippen molar-refractivity contribution in [2.45, 2.75) is 45.5 Å². The fraction of sp³-hybridized carbons (Fsp3) is 0.467. The number of hydrogen-bond donors (Lipinski definition) is 1. The van der Waals surface area contributed by atoms with Gasteiger partial charge in [-0.15, -0.1) is 6.58 Å². The molecule has 1 rings (SSSR count). The lowest BCUT2D eigenvalue weighted by molar-refractivity contribution is 0.467. The number of allylic oxidation sites excluding steroid dienone is 1. The van der Waals surface area contributed by atoms with Crippen LogP contribution in [0.1, 0.15) is 17.5 Å². The van der Waals surface area contributed by atoms with Crippen LogP contribution >= 0.6 is 0 Å². The van der Waals surface area contributed by atoms with Gasteiger partial charge in [0.25, 0.3) is 0 Å². The molecule has 0 aliphatic heterocycles. The third-order valence-electron chi connectivity index (χ3n) is 2.76. The number of aryl methyl sites for hydroxylation is 2. The van der Waals surface area contributed by atoms with E-state index in [1.165, 1.54) is 17.2 Å². The molecule has 0 atom stereocenters. The van der Waals surface area contributed by atoms with Gasteiger partial charge in [-0.3, -0.25) is 0 Å². The molecule has 94 valence electrons. The van der Waals surface area contributed by atoms with Crippen molar-refractivity contribution >= 4 is 8.07 Å². The minimum absolute atomic E-state index is 0.413. The van der Waals surface area contributed by atoms with E-state index in [4.69, 9.17) is 0 Å². The molecule has 1 nitrogen and oxygen atoms in total. The lowest BCUT2D eigenvalue weighted by Gasteiger charge is -2.17.